The summed E-state index contributed by atoms with van der Waals surface area (Å²) in [6.07, 6.45) is 4.77. The molecule has 2 N–H and O–H groups in total. The summed E-state index contributed by atoms with van der Waals surface area (Å²) in [7, 11) is 1.94. The molecule has 0 spiro atoms. The largest absolute Gasteiger partial charge is 0.342 e. The van der Waals surface area contributed by atoms with Crippen molar-refractivity contribution in [1.29, 1.82) is 0 Å². The molecule has 1 fully saturated rings. The Labute approximate surface area is 99.4 Å². The van der Waals surface area contributed by atoms with E-state index in [9.17, 15) is 4.79 Å². The van der Waals surface area contributed by atoms with Crippen LogP contribution >= 0.6 is 0 Å². The van der Waals surface area contributed by atoms with E-state index in [4.69, 9.17) is 5.73 Å². The molecule has 16 heavy (non-hydrogen) atoms. The number of hydrogen-bond acceptors (Lipinski definition) is 2. The van der Waals surface area contributed by atoms with Gasteiger partial charge < -0.3 is 10.6 Å². The number of nitrogens with zero attached hydrogens (tertiary/aromatic N) is 1. The van der Waals surface area contributed by atoms with Gasteiger partial charge >= 0.3 is 0 Å². The van der Waals surface area contributed by atoms with Crippen LogP contribution < -0.4 is 5.73 Å². The van der Waals surface area contributed by atoms with Crippen LogP contribution in [0.5, 0.6) is 0 Å². The fourth-order valence-corrected chi connectivity index (χ4v) is 2.65. The first-order valence-corrected chi connectivity index (χ1v) is 6.35. The molecule has 0 saturated heterocycles. The Morgan fingerprint density at radius 2 is 1.88 bits per heavy atom. The van der Waals surface area contributed by atoms with Gasteiger partial charge in [-0.05, 0) is 25.3 Å². The van der Waals surface area contributed by atoms with E-state index in [-0.39, 0.29) is 11.3 Å². The summed E-state index contributed by atoms with van der Waals surface area (Å²) < 4.78 is 0. The number of amides is 1. The second-order valence-electron chi connectivity index (χ2n) is 6.01. The van der Waals surface area contributed by atoms with Crippen LogP contribution in [0, 0.1) is 11.3 Å². The van der Waals surface area contributed by atoms with E-state index in [0.717, 1.165) is 6.42 Å². The molecule has 3 nitrogen and oxygen atoms in total. The third-order valence-corrected chi connectivity index (χ3v) is 3.63. The van der Waals surface area contributed by atoms with Gasteiger partial charge in [-0.15, -0.1) is 0 Å². The lowest BCUT2D eigenvalue weighted by Crippen LogP contribution is -2.49. The minimum Gasteiger partial charge on any atom is -0.342 e. The molecule has 0 aromatic heterocycles. The second-order valence-corrected chi connectivity index (χ2v) is 6.01. The van der Waals surface area contributed by atoms with Gasteiger partial charge in [0.1, 0.15) is 0 Å². The van der Waals surface area contributed by atoms with Gasteiger partial charge in [-0.25, -0.2) is 0 Å². The van der Waals surface area contributed by atoms with Gasteiger partial charge in [-0.3, -0.25) is 4.79 Å². The molecule has 1 aliphatic rings. The number of nitrogens with two attached hydrogens (primary N) is 1. The molecule has 0 radical (unpaired) electrons. The van der Waals surface area contributed by atoms with Crippen molar-refractivity contribution in [2.75, 3.05) is 13.6 Å². The van der Waals surface area contributed by atoms with Crippen molar-refractivity contribution in [2.24, 2.45) is 17.1 Å². The van der Waals surface area contributed by atoms with Crippen LogP contribution in [0.4, 0.5) is 0 Å². The Kier molecular flexibility index (Phi) is 4.36. The number of carbonyl (C=O) groups excluding carboxylic acids is 1. The summed E-state index contributed by atoms with van der Waals surface area (Å²) in [4.78, 5) is 14.2. The maximum Gasteiger partial charge on any atom is 0.227 e. The van der Waals surface area contributed by atoms with Crippen LogP contribution in [0.2, 0.25) is 0 Å². The van der Waals surface area contributed by atoms with Crippen LogP contribution in [-0.4, -0.2) is 30.4 Å². The average Bonchev–Trinajstić information content (AvgIpc) is 2.25. The predicted molar refractivity (Wildman–Crippen MR) is 67.0 cm³/mol. The molecular formula is C13H26N2O. The highest BCUT2D eigenvalue weighted by Crippen LogP contribution is 2.29. The maximum atomic E-state index is 12.2. The highest BCUT2D eigenvalue weighted by Gasteiger charge is 2.34. The van der Waals surface area contributed by atoms with Gasteiger partial charge in [-0.1, -0.05) is 33.6 Å². The van der Waals surface area contributed by atoms with E-state index in [0.29, 0.717) is 18.5 Å². The third kappa shape index (κ3) is 2.97. The third-order valence-electron chi connectivity index (χ3n) is 3.63. The van der Waals surface area contributed by atoms with Gasteiger partial charge in [0.05, 0.1) is 0 Å². The molecular weight excluding hydrogens is 200 g/mol. The van der Waals surface area contributed by atoms with E-state index < -0.39 is 0 Å². The summed E-state index contributed by atoms with van der Waals surface area (Å²) in [5.74, 6) is 0.725. The Balaban J connectivity index is 2.71. The molecule has 1 saturated carbocycles. The summed E-state index contributed by atoms with van der Waals surface area (Å²) in [6.45, 7) is 6.64. The molecule has 0 heterocycles. The van der Waals surface area contributed by atoms with Gasteiger partial charge in [-0.2, -0.15) is 0 Å². The lowest BCUT2D eigenvalue weighted by atomic mass is 9.82. The van der Waals surface area contributed by atoms with Crippen LogP contribution in [0.3, 0.4) is 0 Å². The van der Waals surface area contributed by atoms with Crippen molar-refractivity contribution in [1.82, 2.24) is 4.90 Å². The zero-order valence-corrected chi connectivity index (χ0v) is 11.1. The monoisotopic (exact) mass is 226 g/mol. The Hall–Kier alpha value is -0.570. The van der Waals surface area contributed by atoms with Crippen LogP contribution in [0.25, 0.3) is 0 Å². The maximum absolute atomic E-state index is 12.2. The van der Waals surface area contributed by atoms with Gasteiger partial charge in [0.2, 0.25) is 5.91 Å². The fraction of sp³-hybridized carbons (Fsp3) is 0.923. The molecule has 1 rings (SSSR count). The van der Waals surface area contributed by atoms with E-state index in [2.05, 4.69) is 0 Å². The standard InChI is InChI=1S/C13H26N2O/c1-13(2,3)12(16)15(4)11-8-6-5-7-10(11)9-14/h10-11H,5-9,14H2,1-4H3. The minimum atomic E-state index is -0.286. The quantitative estimate of drug-likeness (QED) is 0.783. The van der Waals surface area contributed by atoms with E-state index >= 15 is 0 Å². The molecule has 0 aliphatic heterocycles. The second kappa shape index (κ2) is 5.17. The van der Waals surface area contributed by atoms with Crippen molar-refractivity contribution in [2.45, 2.75) is 52.5 Å². The first-order valence-electron chi connectivity index (χ1n) is 6.35. The van der Waals surface area contributed by atoms with E-state index in [1.807, 2.05) is 32.7 Å². The highest BCUT2D eigenvalue weighted by atomic mass is 16.2. The summed E-state index contributed by atoms with van der Waals surface area (Å²) >= 11 is 0. The van der Waals surface area contributed by atoms with Crippen molar-refractivity contribution in [3.8, 4) is 0 Å². The van der Waals surface area contributed by atoms with Crippen molar-refractivity contribution in [3.63, 3.8) is 0 Å². The van der Waals surface area contributed by atoms with Gasteiger partial charge in [0.25, 0.3) is 0 Å². The predicted octanol–water partition coefficient (Wildman–Crippen LogP) is 2.01. The molecule has 1 aliphatic carbocycles. The molecule has 0 aromatic carbocycles. The van der Waals surface area contributed by atoms with Crippen molar-refractivity contribution < 1.29 is 4.79 Å². The lowest BCUT2D eigenvalue weighted by Gasteiger charge is -2.40. The highest BCUT2D eigenvalue weighted by molar-refractivity contribution is 5.81. The van der Waals surface area contributed by atoms with Crippen LogP contribution in [0.1, 0.15) is 46.5 Å². The van der Waals surface area contributed by atoms with Crippen molar-refractivity contribution in [3.05, 3.63) is 0 Å². The van der Waals surface area contributed by atoms with Gasteiger partial charge in [0.15, 0.2) is 0 Å². The molecule has 0 bridgehead atoms. The van der Waals surface area contributed by atoms with Gasteiger partial charge in [0, 0.05) is 18.5 Å². The first-order chi connectivity index (χ1) is 7.38. The SMILES string of the molecule is CN(C(=O)C(C)(C)C)C1CCCCC1CN. The number of carbonyl (C=O) groups is 1. The Morgan fingerprint density at radius 1 is 1.31 bits per heavy atom. The number of hydrogen-bond donors (Lipinski definition) is 1. The zero-order chi connectivity index (χ0) is 12.3. The molecule has 2 unspecified atom stereocenters. The Bertz CT molecular complexity index is 245. The summed E-state index contributed by atoms with van der Waals surface area (Å²) in [5.41, 5.74) is 5.52. The molecule has 94 valence electrons. The fourth-order valence-electron chi connectivity index (χ4n) is 2.65. The topological polar surface area (TPSA) is 46.3 Å². The molecule has 0 aromatic rings. The minimum absolute atomic E-state index is 0.234. The summed E-state index contributed by atoms with van der Waals surface area (Å²) in [6, 6.07) is 0.352. The lowest BCUT2D eigenvalue weighted by molar-refractivity contribution is -0.142. The molecule has 1 amide bonds. The summed E-state index contributed by atoms with van der Waals surface area (Å²) in [5, 5.41) is 0. The number of rotatable bonds is 2. The Morgan fingerprint density at radius 3 is 2.38 bits per heavy atom. The average molecular weight is 226 g/mol. The van der Waals surface area contributed by atoms with E-state index in [1.165, 1.54) is 19.3 Å². The zero-order valence-electron chi connectivity index (χ0n) is 11.1. The molecule has 3 heteroatoms. The normalized spacial score (nSPS) is 26.6. The van der Waals surface area contributed by atoms with Crippen LogP contribution in [-0.2, 0) is 4.79 Å². The molecule has 2 atom stereocenters. The van der Waals surface area contributed by atoms with Crippen LogP contribution in [0.15, 0.2) is 0 Å². The smallest absolute Gasteiger partial charge is 0.227 e. The first kappa shape index (κ1) is 13.5. The van der Waals surface area contributed by atoms with Crippen molar-refractivity contribution >= 4 is 5.91 Å². The van der Waals surface area contributed by atoms with E-state index in [1.54, 1.807) is 0 Å².